The first-order valence-corrected chi connectivity index (χ1v) is 16.1. The minimum absolute atomic E-state index is 0.208. The van der Waals surface area contributed by atoms with Crippen molar-refractivity contribution in [3.63, 3.8) is 0 Å². The lowest BCUT2D eigenvalue weighted by Gasteiger charge is -2.37. The first-order valence-electron chi connectivity index (χ1n) is 16.1. The Hall–Kier alpha value is -4.29. The number of pyridine rings is 1. The van der Waals surface area contributed by atoms with Crippen LogP contribution in [-0.4, -0.2) is 97.8 Å². The molecule has 0 amide bonds. The fraction of sp³-hybridized carbons (Fsp3) is 0.485. The van der Waals surface area contributed by atoms with Gasteiger partial charge in [0.25, 0.3) is 0 Å². The van der Waals surface area contributed by atoms with E-state index in [1.165, 1.54) is 5.56 Å². The zero-order chi connectivity index (χ0) is 31.2. The van der Waals surface area contributed by atoms with Crippen molar-refractivity contribution in [3.05, 3.63) is 54.5 Å². The zero-order valence-corrected chi connectivity index (χ0v) is 27.1. The number of H-pyrrole nitrogens is 1. The Morgan fingerprint density at radius 1 is 1.02 bits per heavy atom. The van der Waals surface area contributed by atoms with E-state index in [0.29, 0.717) is 23.9 Å². The molecule has 3 atom stereocenters. The summed E-state index contributed by atoms with van der Waals surface area (Å²) in [6.45, 7) is 12.5. The molecule has 236 valence electrons. The van der Waals surface area contributed by atoms with E-state index in [1.807, 2.05) is 23.1 Å². The molecule has 0 spiro atoms. The number of aromatic amines is 1. The van der Waals surface area contributed by atoms with E-state index in [1.54, 1.807) is 6.33 Å². The van der Waals surface area contributed by atoms with E-state index in [9.17, 15) is 0 Å². The molecule has 0 unspecified atom stereocenters. The van der Waals surface area contributed by atoms with Gasteiger partial charge >= 0.3 is 0 Å². The lowest BCUT2D eigenvalue weighted by molar-refractivity contribution is 0.249. The van der Waals surface area contributed by atoms with Crippen LogP contribution in [0.4, 0.5) is 17.5 Å². The number of fused-ring (bicyclic) bond motifs is 2. The van der Waals surface area contributed by atoms with E-state index >= 15 is 0 Å². The number of rotatable bonds is 7. The second-order valence-electron chi connectivity index (χ2n) is 13.1. The van der Waals surface area contributed by atoms with Gasteiger partial charge in [-0.3, -0.25) is 0 Å². The topological polar surface area (TPSA) is 118 Å². The highest BCUT2D eigenvalue weighted by Crippen LogP contribution is 2.35. The van der Waals surface area contributed by atoms with Crippen molar-refractivity contribution in [1.82, 2.24) is 44.8 Å². The van der Waals surface area contributed by atoms with E-state index in [-0.39, 0.29) is 6.04 Å². The summed E-state index contributed by atoms with van der Waals surface area (Å²) in [5.41, 5.74) is 5.13. The second kappa shape index (κ2) is 11.9. The third kappa shape index (κ3) is 5.68. The van der Waals surface area contributed by atoms with Crippen LogP contribution in [0.1, 0.15) is 51.0 Å². The van der Waals surface area contributed by atoms with Gasteiger partial charge in [-0.05, 0) is 84.0 Å². The number of nitrogens with zero attached hydrogens (tertiary/aromatic N) is 9. The van der Waals surface area contributed by atoms with Crippen LogP contribution >= 0.6 is 0 Å². The van der Waals surface area contributed by atoms with Crippen LogP contribution in [0.5, 0.6) is 0 Å². The Labute approximate surface area is 264 Å². The van der Waals surface area contributed by atoms with Gasteiger partial charge in [-0.25, -0.2) is 24.5 Å². The number of aryl methyl sites for hydroxylation is 1. The van der Waals surface area contributed by atoms with Gasteiger partial charge in [-0.2, -0.15) is 5.10 Å². The molecular weight excluding hydrogens is 564 g/mol. The summed E-state index contributed by atoms with van der Waals surface area (Å²) in [5.74, 6) is 3.44. The van der Waals surface area contributed by atoms with Crippen molar-refractivity contribution >= 4 is 34.0 Å². The van der Waals surface area contributed by atoms with Crippen molar-refractivity contribution in [2.75, 3.05) is 55.4 Å². The highest BCUT2D eigenvalue weighted by molar-refractivity contribution is 6.01. The molecule has 2 saturated heterocycles. The second-order valence-corrected chi connectivity index (χ2v) is 13.1. The first kappa shape index (κ1) is 29.4. The number of piperazine rings is 1. The molecule has 5 aromatic heterocycles. The summed E-state index contributed by atoms with van der Waals surface area (Å²) in [4.78, 5) is 29.7. The maximum absolute atomic E-state index is 5.19. The standard InChI is InChI=1S/C33H44N12/c1-20-8-14-45-29(20)33(44-17-21(2)38-22(3)18-44)40-30(41-45)23(4)39-32-28-26(16-35-31(28)36-19-37-32)24-7-11-34-27(15-24)43-12-9-25(10-13-43)42(5)6/h7-8,11,14-16,19,21-23,25,38H,9-10,12-13,17-18H2,1-6H3,(H2,35,36,37,39)/t21-,22+,23-/m0/s1. The highest BCUT2D eigenvalue weighted by Gasteiger charge is 2.27. The molecule has 0 aromatic carbocycles. The lowest BCUT2D eigenvalue weighted by atomic mass is 10.0. The van der Waals surface area contributed by atoms with Crippen molar-refractivity contribution < 1.29 is 0 Å². The van der Waals surface area contributed by atoms with Crippen LogP contribution in [0.25, 0.3) is 27.7 Å². The predicted molar refractivity (Wildman–Crippen MR) is 180 cm³/mol. The van der Waals surface area contributed by atoms with Crippen LogP contribution in [0.15, 0.2) is 43.1 Å². The van der Waals surface area contributed by atoms with Crippen LogP contribution in [-0.2, 0) is 0 Å². The van der Waals surface area contributed by atoms with Gasteiger partial charge in [0.15, 0.2) is 11.6 Å². The predicted octanol–water partition coefficient (Wildman–Crippen LogP) is 4.26. The van der Waals surface area contributed by atoms with E-state index in [0.717, 1.165) is 84.2 Å². The van der Waals surface area contributed by atoms with Crippen LogP contribution < -0.4 is 20.4 Å². The molecule has 2 fully saturated rings. The van der Waals surface area contributed by atoms with Crippen LogP contribution in [0.3, 0.4) is 0 Å². The lowest BCUT2D eigenvalue weighted by Crippen LogP contribution is -2.54. The Morgan fingerprint density at radius 2 is 1.80 bits per heavy atom. The summed E-state index contributed by atoms with van der Waals surface area (Å²) >= 11 is 0. The normalized spacial score (nSPS) is 20.4. The Balaban J connectivity index is 1.20. The van der Waals surface area contributed by atoms with Crippen LogP contribution in [0, 0.1) is 6.92 Å². The zero-order valence-electron chi connectivity index (χ0n) is 27.1. The van der Waals surface area contributed by atoms with E-state index < -0.39 is 0 Å². The Bertz CT molecular complexity index is 1790. The summed E-state index contributed by atoms with van der Waals surface area (Å²) in [7, 11) is 4.34. The number of anilines is 3. The molecular formula is C33H44N12. The maximum Gasteiger partial charge on any atom is 0.173 e. The van der Waals surface area contributed by atoms with Crippen LogP contribution in [0.2, 0.25) is 0 Å². The molecule has 7 heterocycles. The molecule has 5 aromatic rings. The molecule has 0 bridgehead atoms. The maximum atomic E-state index is 5.19. The summed E-state index contributed by atoms with van der Waals surface area (Å²) in [5, 5.41) is 13.2. The fourth-order valence-electron chi connectivity index (χ4n) is 7.02. The smallest absolute Gasteiger partial charge is 0.173 e. The summed E-state index contributed by atoms with van der Waals surface area (Å²) in [6, 6.07) is 7.52. The number of aromatic nitrogens is 7. The average molecular weight is 609 g/mol. The van der Waals surface area contributed by atoms with Gasteiger partial charge in [-0.15, -0.1) is 0 Å². The van der Waals surface area contributed by atoms with Gasteiger partial charge < -0.3 is 30.3 Å². The van der Waals surface area contributed by atoms with E-state index in [2.05, 4.69) is 95.3 Å². The largest absolute Gasteiger partial charge is 0.360 e. The summed E-state index contributed by atoms with van der Waals surface area (Å²) < 4.78 is 1.97. The fourth-order valence-corrected chi connectivity index (χ4v) is 7.02. The first-order chi connectivity index (χ1) is 21.7. The number of hydrogen-bond acceptors (Lipinski definition) is 10. The third-order valence-corrected chi connectivity index (χ3v) is 9.35. The van der Waals surface area contributed by atoms with Gasteiger partial charge in [-0.1, -0.05) is 0 Å². The van der Waals surface area contributed by atoms with Gasteiger partial charge in [0.1, 0.15) is 29.1 Å². The minimum Gasteiger partial charge on any atom is -0.360 e. The van der Waals surface area contributed by atoms with Gasteiger partial charge in [0.05, 0.1) is 11.4 Å². The number of piperidine rings is 1. The Morgan fingerprint density at radius 3 is 2.56 bits per heavy atom. The quantitative estimate of drug-likeness (QED) is 0.247. The number of hydrogen-bond donors (Lipinski definition) is 3. The average Bonchev–Trinajstić information content (AvgIpc) is 3.64. The monoisotopic (exact) mass is 608 g/mol. The highest BCUT2D eigenvalue weighted by atomic mass is 15.3. The van der Waals surface area contributed by atoms with Crippen molar-refractivity contribution in [2.24, 2.45) is 0 Å². The molecule has 7 rings (SSSR count). The van der Waals surface area contributed by atoms with Crippen molar-refractivity contribution in [1.29, 1.82) is 0 Å². The molecule has 0 aliphatic carbocycles. The molecule has 2 aliphatic rings. The molecule has 12 nitrogen and oxygen atoms in total. The third-order valence-electron chi connectivity index (χ3n) is 9.35. The molecule has 2 aliphatic heterocycles. The van der Waals surface area contributed by atoms with E-state index in [4.69, 9.17) is 20.1 Å². The molecule has 0 saturated carbocycles. The van der Waals surface area contributed by atoms with Crippen molar-refractivity contribution in [2.45, 2.75) is 64.7 Å². The van der Waals surface area contributed by atoms with Crippen molar-refractivity contribution in [3.8, 4) is 11.1 Å². The molecule has 3 N–H and O–H groups in total. The number of nitrogens with one attached hydrogen (secondary N) is 3. The van der Waals surface area contributed by atoms with Gasteiger partial charge in [0, 0.05) is 68.5 Å². The molecule has 0 radical (unpaired) electrons. The SMILES string of the molecule is Cc1ccn2nc([C@H](C)Nc3ncnc4[nH]cc(-c5ccnc(N6CCC(N(C)C)CC6)c5)c34)nc(N3C[C@@H](C)N[C@@H](C)C3)c12. The van der Waals surface area contributed by atoms with Gasteiger partial charge in [0.2, 0.25) is 0 Å². The Kier molecular flexibility index (Phi) is 7.78. The molecule has 45 heavy (non-hydrogen) atoms. The minimum atomic E-state index is -0.208. The summed E-state index contributed by atoms with van der Waals surface area (Å²) in [6.07, 6.45) is 9.82. The molecule has 12 heteroatoms.